The molecule has 0 bridgehead atoms. The fourth-order valence-electron chi connectivity index (χ4n) is 0.204. The summed E-state index contributed by atoms with van der Waals surface area (Å²) < 4.78 is 0. The smallest absolute Gasteiger partial charge is 2.00 e. The van der Waals surface area contributed by atoms with Crippen molar-refractivity contribution in [3.05, 3.63) is 0 Å². The summed E-state index contributed by atoms with van der Waals surface area (Å²) in [4.78, 5) is 0. The quantitative estimate of drug-likeness (QED) is 0.539. The maximum absolute atomic E-state index is 5.28. The van der Waals surface area contributed by atoms with Gasteiger partial charge < -0.3 is 21.8 Å². The molecule has 0 rings (SSSR count). The van der Waals surface area contributed by atoms with Gasteiger partial charge in [-0.1, -0.05) is 19.4 Å². The van der Waals surface area contributed by atoms with E-state index >= 15 is 0 Å². The first-order valence-corrected chi connectivity index (χ1v) is 3.93. The van der Waals surface area contributed by atoms with Crippen molar-refractivity contribution in [2.45, 2.75) is 19.4 Å². The van der Waals surface area contributed by atoms with Gasteiger partial charge in [-0.05, 0) is 0 Å². The normalized spacial score (nSPS) is 5.40. The zero-order valence-corrected chi connectivity index (χ0v) is 9.80. The molecule has 0 saturated heterocycles. The Morgan fingerprint density at radius 1 is 1.10 bits per heavy atom. The van der Waals surface area contributed by atoms with E-state index in [1.807, 2.05) is 0 Å². The summed E-state index contributed by atoms with van der Waals surface area (Å²) in [6, 6.07) is 1.31. The van der Waals surface area contributed by atoms with Crippen LogP contribution in [-0.4, -0.2) is 44.4 Å². The molecule has 0 fully saturated rings. The number of rotatable bonds is 2. The van der Waals surface area contributed by atoms with Gasteiger partial charge in [0.1, 0.15) is 0 Å². The average Bonchev–Trinajstić information content (AvgIpc) is 1.41. The predicted molar refractivity (Wildman–Crippen MR) is 41.4 cm³/mol. The number of hydrogen-bond acceptors (Lipinski definition) is 1. The topological polar surface area (TPSA) is 112 Å². The summed E-state index contributed by atoms with van der Waals surface area (Å²) in [6.45, 7) is 2.17. The average molecular weight is 191 g/mol. The van der Waals surface area contributed by atoms with Crippen LogP contribution in [0.4, 0.5) is 0 Å². The maximum atomic E-state index is 5.28. The molecule has 0 amide bonds. The molecule has 0 aliphatic carbocycles. The molecule has 0 aliphatic heterocycles. The van der Waals surface area contributed by atoms with Gasteiger partial charge >= 0.3 is 34.7 Å². The Hall–Kier alpha value is 1.12. The van der Waals surface area contributed by atoms with E-state index in [9.17, 15) is 0 Å². The van der Waals surface area contributed by atoms with Crippen LogP contribution in [0.3, 0.4) is 0 Å². The number of nitrogens with two attached hydrogens (primary N) is 1. The Morgan fingerprint density at radius 3 is 1.40 bits per heavy atom. The van der Waals surface area contributed by atoms with E-state index in [0.29, 0.717) is 0 Å². The van der Waals surface area contributed by atoms with E-state index in [1.165, 1.54) is 12.5 Å². The minimum atomic E-state index is -0.0860. The van der Waals surface area contributed by atoms with E-state index < -0.39 is 0 Å². The van der Waals surface area contributed by atoms with Crippen molar-refractivity contribution in [1.29, 1.82) is 0 Å². The predicted octanol–water partition coefficient (Wildman–Crippen LogP) is -1.26. The summed E-state index contributed by atoms with van der Waals surface area (Å²) in [7, 11) is -0.0860. The zero-order valence-electron chi connectivity index (χ0n) is 6.08. The van der Waals surface area contributed by atoms with E-state index in [2.05, 4.69) is 6.92 Å². The summed E-state index contributed by atoms with van der Waals surface area (Å²) >= 11 is 0. The van der Waals surface area contributed by atoms with Gasteiger partial charge in [0.25, 0.3) is 0 Å². The third-order valence-electron chi connectivity index (χ3n) is 0.558. The molecule has 2 N–H and O–H groups in total. The van der Waals surface area contributed by atoms with Gasteiger partial charge in [0.2, 0.25) is 0 Å². The number of hydrogen-bond donors (Lipinski definition) is 1. The van der Waals surface area contributed by atoms with E-state index in [1.54, 1.807) is 0 Å². The summed E-state index contributed by atoms with van der Waals surface area (Å²) in [5.41, 5.74) is 0. The van der Waals surface area contributed by atoms with Crippen LogP contribution in [0.5, 0.6) is 0 Å². The van der Waals surface area contributed by atoms with E-state index in [0.717, 1.165) is 0 Å². The Kier molecular flexibility index (Phi) is 215. The monoisotopic (exact) mass is 191 g/mol. The fourth-order valence-corrected chi connectivity index (χ4v) is 0.612. The minimum absolute atomic E-state index is 0. The molecule has 0 spiro atoms. The molecule has 4 nitrogen and oxygen atoms in total. The summed E-state index contributed by atoms with van der Waals surface area (Å²) in [5, 5.41) is 5.28. The van der Waals surface area contributed by atoms with Crippen LogP contribution in [-0.2, 0) is 16.4 Å². The van der Waals surface area contributed by atoms with Crippen LogP contribution in [0.2, 0.25) is 6.04 Å². The molecular formula is C3H11Al2NO3Si. The van der Waals surface area contributed by atoms with Crippen LogP contribution in [0, 0.1) is 0 Å². The molecule has 0 aromatic heterocycles. The Balaban J connectivity index is -0.00000000800. The largest absolute Gasteiger partial charge is 3.00 e. The molecular weight excluding hydrogens is 180 g/mol. The molecule has 0 saturated carbocycles. The third-order valence-corrected chi connectivity index (χ3v) is 1.67. The van der Waals surface area contributed by atoms with Gasteiger partial charge in [-0.25, -0.2) is 0 Å². The fraction of sp³-hybridized carbons (Fsp3) is 1.00. The van der Waals surface area contributed by atoms with Crippen molar-refractivity contribution in [2.24, 2.45) is 5.40 Å². The molecule has 0 aliphatic rings. The molecule has 7 heteroatoms. The van der Waals surface area contributed by atoms with Crippen LogP contribution < -0.4 is 5.40 Å². The molecule has 0 aromatic rings. The molecule has 10 heavy (non-hydrogen) atoms. The van der Waals surface area contributed by atoms with Crippen LogP contribution >= 0.6 is 0 Å². The van der Waals surface area contributed by atoms with Crippen molar-refractivity contribution < 1.29 is 16.4 Å². The van der Waals surface area contributed by atoms with Gasteiger partial charge in [-0.15, -0.1) is 0 Å². The van der Waals surface area contributed by atoms with Crippen molar-refractivity contribution in [3.63, 3.8) is 0 Å². The third kappa shape index (κ3) is 61.7. The van der Waals surface area contributed by atoms with E-state index in [-0.39, 0.29) is 60.8 Å². The van der Waals surface area contributed by atoms with Gasteiger partial charge in [0.05, 0.1) is 9.68 Å². The van der Waals surface area contributed by atoms with Crippen LogP contribution in [0.15, 0.2) is 0 Å². The second-order valence-corrected chi connectivity index (χ2v) is 2.43. The molecule has 0 aromatic carbocycles. The first kappa shape index (κ1) is 43.4. The molecule has 0 radical (unpaired) electrons. The summed E-state index contributed by atoms with van der Waals surface area (Å²) in [6.07, 6.45) is 1.28. The standard InChI is InChI=1S/C3H11NSi.2Al.3O/c1-2-3-5-4;;;;;/h2-5H2,1H3;;;;;/q;2*+3;3*-2. The second kappa shape index (κ2) is 49.6. The second-order valence-electron chi connectivity index (χ2n) is 1.14. The zero-order chi connectivity index (χ0) is 4.12. The van der Waals surface area contributed by atoms with Crippen LogP contribution in [0.25, 0.3) is 0 Å². The first-order chi connectivity index (χ1) is 2.41. The van der Waals surface area contributed by atoms with Crippen molar-refractivity contribution >= 4 is 44.4 Å². The van der Waals surface area contributed by atoms with Gasteiger partial charge in [0.15, 0.2) is 0 Å². The van der Waals surface area contributed by atoms with Crippen molar-refractivity contribution in [1.82, 2.24) is 0 Å². The Labute approximate surface area is 85.7 Å². The minimum Gasteiger partial charge on any atom is -2.00 e. The van der Waals surface area contributed by atoms with Gasteiger partial charge in [-0.3, -0.25) is 0 Å². The Bertz CT molecular complexity index is 29.2. The molecule has 0 atom stereocenters. The molecule has 0 unspecified atom stereocenters. The van der Waals surface area contributed by atoms with Crippen molar-refractivity contribution in [3.8, 4) is 0 Å². The van der Waals surface area contributed by atoms with E-state index in [4.69, 9.17) is 5.40 Å². The molecule has 56 valence electrons. The van der Waals surface area contributed by atoms with Crippen molar-refractivity contribution in [2.75, 3.05) is 0 Å². The first-order valence-electron chi connectivity index (χ1n) is 2.12. The maximum Gasteiger partial charge on any atom is 3.00 e. The Morgan fingerprint density at radius 2 is 1.40 bits per heavy atom. The molecule has 0 heterocycles. The van der Waals surface area contributed by atoms with Gasteiger partial charge in [-0.2, -0.15) is 0 Å². The van der Waals surface area contributed by atoms with Gasteiger partial charge in [0, 0.05) is 0 Å². The SMILES string of the molecule is CCC[SiH2]N.[Al+3].[Al+3].[O-2].[O-2].[O-2]. The van der Waals surface area contributed by atoms with Crippen LogP contribution in [0.1, 0.15) is 13.3 Å². The summed E-state index contributed by atoms with van der Waals surface area (Å²) in [5.74, 6) is 0.